The van der Waals surface area contributed by atoms with Crippen LogP contribution in [0.5, 0.6) is 0 Å². The summed E-state index contributed by atoms with van der Waals surface area (Å²) in [6, 6.07) is 0.553. The second-order valence-electron chi connectivity index (χ2n) is 4.79. The molecular formula is C12H21N3O2. The number of rotatable bonds is 5. The van der Waals surface area contributed by atoms with Crippen LogP contribution in [-0.2, 0) is 12.8 Å². The molecule has 2 heterocycles. The zero-order chi connectivity index (χ0) is 12.3. The van der Waals surface area contributed by atoms with Gasteiger partial charge in [-0.05, 0) is 32.9 Å². The molecule has 1 aliphatic rings. The van der Waals surface area contributed by atoms with Gasteiger partial charge in [0.25, 0.3) is 0 Å². The third-order valence-electron chi connectivity index (χ3n) is 3.30. The van der Waals surface area contributed by atoms with E-state index in [-0.39, 0.29) is 0 Å². The van der Waals surface area contributed by atoms with Crippen molar-refractivity contribution >= 4 is 0 Å². The minimum absolute atomic E-state index is 0.429. The molecule has 1 aromatic rings. The lowest BCUT2D eigenvalue weighted by Crippen LogP contribution is -2.31. The van der Waals surface area contributed by atoms with E-state index in [1.54, 1.807) is 6.92 Å². The van der Waals surface area contributed by atoms with Gasteiger partial charge in [-0.25, -0.2) is 0 Å². The largest absolute Gasteiger partial charge is 0.393 e. The number of likely N-dealkylation sites (tertiary alicyclic amines) is 1. The van der Waals surface area contributed by atoms with Crippen molar-refractivity contribution in [3.8, 4) is 0 Å². The average Bonchev–Trinajstić information content (AvgIpc) is 2.87. The Morgan fingerprint density at radius 3 is 3.12 bits per heavy atom. The number of aliphatic hydroxyl groups is 1. The van der Waals surface area contributed by atoms with E-state index in [0.717, 1.165) is 18.8 Å². The third kappa shape index (κ3) is 3.26. The van der Waals surface area contributed by atoms with Gasteiger partial charge in [0, 0.05) is 12.5 Å². The first-order valence-electron chi connectivity index (χ1n) is 6.42. The normalized spacial score (nSPS) is 23.1. The van der Waals surface area contributed by atoms with E-state index >= 15 is 0 Å². The minimum Gasteiger partial charge on any atom is -0.393 e. The van der Waals surface area contributed by atoms with Crippen LogP contribution in [0, 0.1) is 0 Å². The zero-order valence-electron chi connectivity index (χ0n) is 10.6. The molecule has 0 aliphatic carbocycles. The molecule has 0 amide bonds. The molecule has 5 nitrogen and oxygen atoms in total. The predicted molar refractivity (Wildman–Crippen MR) is 63.7 cm³/mol. The van der Waals surface area contributed by atoms with Crippen molar-refractivity contribution in [2.75, 3.05) is 13.1 Å². The molecule has 1 aliphatic heterocycles. The molecule has 0 bridgehead atoms. The smallest absolute Gasteiger partial charge is 0.229 e. The van der Waals surface area contributed by atoms with Crippen LogP contribution in [0.1, 0.15) is 38.4 Å². The Bertz CT molecular complexity index is 351. The van der Waals surface area contributed by atoms with Crippen LogP contribution >= 0.6 is 0 Å². The van der Waals surface area contributed by atoms with Gasteiger partial charge in [0.15, 0.2) is 5.82 Å². The van der Waals surface area contributed by atoms with Gasteiger partial charge in [-0.15, -0.1) is 0 Å². The van der Waals surface area contributed by atoms with E-state index in [2.05, 4.69) is 22.0 Å². The van der Waals surface area contributed by atoms with Gasteiger partial charge in [-0.2, -0.15) is 4.98 Å². The molecule has 0 radical (unpaired) electrons. The maximum atomic E-state index is 9.24. The molecule has 0 saturated carbocycles. The predicted octanol–water partition coefficient (Wildman–Crippen LogP) is 1.02. The summed E-state index contributed by atoms with van der Waals surface area (Å²) >= 11 is 0. The fourth-order valence-corrected chi connectivity index (χ4v) is 2.46. The lowest BCUT2D eigenvalue weighted by molar-refractivity contribution is 0.181. The van der Waals surface area contributed by atoms with Crippen LogP contribution < -0.4 is 0 Å². The Morgan fingerprint density at radius 2 is 2.41 bits per heavy atom. The Labute approximate surface area is 102 Å². The minimum atomic E-state index is -0.429. The Balaban J connectivity index is 1.92. The standard InChI is InChI=1S/C12H21N3O2/c1-3-15-6-4-5-10(15)8-11-13-12(17-14-11)7-9(2)16/h9-10,16H,3-8H2,1-2H3. The van der Waals surface area contributed by atoms with E-state index < -0.39 is 6.10 Å². The summed E-state index contributed by atoms with van der Waals surface area (Å²) < 4.78 is 5.12. The number of aliphatic hydroxyl groups excluding tert-OH is 1. The van der Waals surface area contributed by atoms with E-state index in [1.165, 1.54) is 19.4 Å². The van der Waals surface area contributed by atoms with E-state index in [0.29, 0.717) is 18.4 Å². The van der Waals surface area contributed by atoms with Crippen LogP contribution in [0.25, 0.3) is 0 Å². The van der Waals surface area contributed by atoms with Crippen molar-refractivity contribution in [1.82, 2.24) is 15.0 Å². The van der Waals surface area contributed by atoms with Gasteiger partial charge in [-0.1, -0.05) is 12.1 Å². The van der Waals surface area contributed by atoms with Gasteiger partial charge in [-0.3, -0.25) is 0 Å². The summed E-state index contributed by atoms with van der Waals surface area (Å²) in [6.45, 7) is 6.18. The Morgan fingerprint density at radius 1 is 1.59 bits per heavy atom. The Hall–Kier alpha value is -0.940. The summed E-state index contributed by atoms with van der Waals surface area (Å²) in [4.78, 5) is 6.78. The highest BCUT2D eigenvalue weighted by molar-refractivity contribution is 4.93. The van der Waals surface area contributed by atoms with Crippen molar-refractivity contribution in [3.63, 3.8) is 0 Å². The highest BCUT2D eigenvalue weighted by Crippen LogP contribution is 2.19. The molecule has 1 fully saturated rings. The maximum absolute atomic E-state index is 9.24. The molecule has 2 atom stereocenters. The van der Waals surface area contributed by atoms with E-state index in [4.69, 9.17) is 4.52 Å². The molecule has 1 N–H and O–H groups in total. The maximum Gasteiger partial charge on any atom is 0.229 e. The van der Waals surface area contributed by atoms with Crippen LogP contribution in [0.15, 0.2) is 4.52 Å². The summed E-state index contributed by atoms with van der Waals surface area (Å²) in [5, 5.41) is 13.2. The molecule has 1 aromatic heterocycles. The van der Waals surface area contributed by atoms with Crippen LogP contribution in [0.2, 0.25) is 0 Å². The van der Waals surface area contributed by atoms with Gasteiger partial charge in [0.1, 0.15) is 0 Å². The molecule has 0 aromatic carbocycles. The molecule has 96 valence electrons. The molecular weight excluding hydrogens is 218 g/mol. The highest BCUT2D eigenvalue weighted by atomic mass is 16.5. The van der Waals surface area contributed by atoms with Crippen LogP contribution in [0.4, 0.5) is 0 Å². The number of hydrogen-bond acceptors (Lipinski definition) is 5. The first-order valence-corrected chi connectivity index (χ1v) is 6.42. The molecule has 2 rings (SSSR count). The van der Waals surface area contributed by atoms with Gasteiger partial charge >= 0.3 is 0 Å². The fraction of sp³-hybridized carbons (Fsp3) is 0.833. The van der Waals surface area contributed by atoms with Crippen molar-refractivity contribution < 1.29 is 9.63 Å². The second-order valence-corrected chi connectivity index (χ2v) is 4.79. The van der Waals surface area contributed by atoms with Gasteiger partial charge in [0.05, 0.1) is 12.5 Å². The van der Waals surface area contributed by atoms with E-state index in [9.17, 15) is 5.11 Å². The summed E-state index contributed by atoms with van der Waals surface area (Å²) in [7, 11) is 0. The van der Waals surface area contributed by atoms with Crippen molar-refractivity contribution in [2.24, 2.45) is 0 Å². The first kappa shape index (κ1) is 12.5. The first-order chi connectivity index (χ1) is 8.19. The summed E-state index contributed by atoms with van der Waals surface area (Å²) in [5.74, 6) is 1.31. The lowest BCUT2D eigenvalue weighted by Gasteiger charge is -2.20. The highest BCUT2D eigenvalue weighted by Gasteiger charge is 2.24. The quantitative estimate of drug-likeness (QED) is 0.831. The monoisotopic (exact) mass is 239 g/mol. The van der Waals surface area contributed by atoms with Crippen molar-refractivity contribution in [2.45, 2.75) is 51.7 Å². The van der Waals surface area contributed by atoms with Gasteiger partial charge in [0.2, 0.25) is 5.89 Å². The number of hydrogen-bond donors (Lipinski definition) is 1. The van der Waals surface area contributed by atoms with Crippen molar-refractivity contribution in [1.29, 1.82) is 0 Å². The topological polar surface area (TPSA) is 62.4 Å². The van der Waals surface area contributed by atoms with Crippen LogP contribution in [0.3, 0.4) is 0 Å². The molecule has 1 saturated heterocycles. The molecule has 5 heteroatoms. The lowest BCUT2D eigenvalue weighted by atomic mass is 10.1. The second kappa shape index (κ2) is 5.60. The molecule has 2 unspecified atom stereocenters. The third-order valence-corrected chi connectivity index (χ3v) is 3.30. The fourth-order valence-electron chi connectivity index (χ4n) is 2.46. The number of aromatic nitrogens is 2. The van der Waals surface area contributed by atoms with E-state index in [1.807, 2.05) is 0 Å². The summed E-state index contributed by atoms with van der Waals surface area (Å²) in [5.41, 5.74) is 0. The molecule has 0 spiro atoms. The van der Waals surface area contributed by atoms with Crippen molar-refractivity contribution in [3.05, 3.63) is 11.7 Å². The number of likely N-dealkylation sites (N-methyl/N-ethyl adjacent to an activating group) is 1. The SMILES string of the molecule is CCN1CCCC1Cc1noc(CC(C)O)n1. The Kier molecular flexibility index (Phi) is 4.12. The summed E-state index contributed by atoms with van der Waals surface area (Å²) in [6.07, 6.45) is 3.35. The van der Waals surface area contributed by atoms with Crippen LogP contribution in [-0.4, -0.2) is 45.4 Å². The molecule has 17 heavy (non-hydrogen) atoms. The average molecular weight is 239 g/mol. The number of nitrogens with zero attached hydrogens (tertiary/aromatic N) is 3. The van der Waals surface area contributed by atoms with Gasteiger partial charge < -0.3 is 14.5 Å². The zero-order valence-corrected chi connectivity index (χ0v) is 10.6.